The predicted octanol–water partition coefficient (Wildman–Crippen LogP) is 2.47. The Labute approximate surface area is 160 Å². The zero-order chi connectivity index (χ0) is 19.2. The summed E-state index contributed by atoms with van der Waals surface area (Å²) < 4.78 is 30.8. The number of benzene rings is 2. The maximum absolute atomic E-state index is 12.2. The molecule has 0 atom stereocenters. The van der Waals surface area contributed by atoms with Gasteiger partial charge < -0.3 is 15.4 Å². The summed E-state index contributed by atoms with van der Waals surface area (Å²) in [6, 6.07) is 14.4. The quantitative estimate of drug-likeness (QED) is 0.705. The van der Waals surface area contributed by atoms with E-state index in [0.29, 0.717) is 17.3 Å². The van der Waals surface area contributed by atoms with Crippen LogP contribution in [0, 0.1) is 0 Å². The van der Waals surface area contributed by atoms with Crippen molar-refractivity contribution in [3.8, 4) is 5.75 Å². The Bertz CT molecular complexity index is 867. The molecule has 0 aliphatic heterocycles. The highest BCUT2D eigenvalue weighted by molar-refractivity contribution is 7.89. The first-order valence-corrected chi connectivity index (χ1v) is 9.88. The zero-order valence-corrected chi connectivity index (χ0v) is 16.7. The van der Waals surface area contributed by atoms with E-state index in [0.717, 1.165) is 17.7 Å². The number of thiocarbonyl (C=S) groups is 1. The highest BCUT2D eigenvalue weighted by Gasteiger charge is 2.17. The minimum atomic E-state index is -3.48. The van der Waals surface area contributed by atoms with Gasteiger partial charge in [0.05, 0.1) is 12.0 Å². The normalized spacial score (nSPS) is 11.2. The molecule has 0 radical (unpaired) electrons. The van der Waals surface area contributed by atoms with Crippen molar-refractivity contribution >= 4 is 33.0 Å². The SMILES string of the molecule is COc1cccc(CCNC(=S)Nc2cccc(S(=O)(=O)N(C)C)c2)c1. The van der Waals surface area contributed by atoms with Crippen molar-refractivity contribution in [3.63, 3.8) is 0 Å². The Hall–Kier alpha value is -2.16. The number of nitrogens with zero attached hydrogens (tertiary/aromatic N) is 1. The van der Waals surface area contributed by atoms with E-state index < -0.39 is 10.0 Å². The molecule has 0 aliphatic rings. The lowest BCUT2D eigenvalue weighted by Gasteiger charge is -2.14. The van der Waals surface area contributed by atoms with Gasteiger partial charge >= 0.3 is 0 Å². The summed E-state index contributed by atoms with van der Waals surface area (Å²) in [7, 11) is 1.16. The minimum absolute atomic E-state index is 0.215. The van der Waals surface area contributed by atoms with Crippen LogP contribution in [0.25, 0.3) is 0 Å². The molecule has 26 heavy (non-hydrogen) atoms. The number of methoxy groups -OCH3 is 1. The van der Waals surface area contributed by atoms with Gasteiger partial charge in [-0.3, -0.25) is 0 Å². The summed E-state index contributed by atoms with van der Waals surface area (Å²) in [6.45, 7) is 0.648. The van der Waals surface area contributed by atoms with Gasteiger partial charge in [-0.2, -0.15) is 0 Å². The number of hydrogen-bond acceptors (Lipinski definition) is 4. The lowest BCUT2D eigenvalue weighted by Crippen LogP contribution is -2.30. The second-order valence-electron chi connectivity index (χ2n) is 5.80. The molecule has 0 heterocycles. The van der Waals surface area contributed by atoms with Crippen LogP contribution in [0.1, 0.15) is 5.56 Å². The predicted molar refractivity (Wildman–Crippen MR) is 108 cm³/mol. The second-order valence-corrected chi connectivity index (χ2v) is 8.36. The number of nitrogens with one attached hydrogen (secondary N) is 2. The van der Waals surface area contributed by atoms with Gasteiger partial charge in [-0.25, -0.2) is 12.7 Å². The molecule has 140 valence electrons. The molecule has 2 rings (SSSR count). The first-order chi connectivity index (χ1) is 12.3. The lowest BCUT2D eigenvalue weighted by atomic mass is 10.1. The van der Waals surface area contributed by atoms with E-state index in [1.54, 1.807) is 31.4 Å². The van der Waals surface area contributed by atoms with Gasteiger partial charge in [0.15, 0.2) is 5.11 Å². The van der Waals surface area contributed by atoms with Crippen molar-refractivity contribution in [2.75, 3.05) is 33.1 Å². The Morgan fingerprint density at radius 2 is 1.88 bits per heavy atom. The van der Waals surface area contributed by atoms with Crippen LogP contribution in [-0.2, 0) is 16.4 Å². The molecule has 8 heteroatoms. The van der Waals surface area contributed by atoms with Crippen molar-refractivity contribution in [2.45, 2.75) is 11.3 Å². The average Bonchev–Trinajstić information content (AvgIpc) is 2.62. The fraction of sp³-hybridized carbons (Fsp3) is 0.278. The van der Waals surface area contributed by atoms with Crippen molar-refractivity contribution in [3.05, 3.63) is 54.1 Å². The maximum Gasteiger partial charge on any atom is 0.242 e. The van der Waals surface area contributed by atoms with Gasteiger partial charge in [-0.1, -0.05) is 18.2 Å². The summed E-state index contributed by atoms with van der Waals surface area (Å²) in [5, 5.41) is 6.57. The summed E-state index contributed by atoms with van der Waals surface area (Å²) in [5.74, 6) is 0.821. The van der Waals surface area contributed by atoms with Crippen LogP contribution in [0.3, 0.4) is 0 Å². The van der Waals surface area contributed by atoms with Crippen molar-refractivity contribution < 1.29 is 13.2 Å². The van der Waals surface area contributed by atoms with Crippen LogP contribution in [0.4, 0.5) is 5.69 Å². The molecule has 0 aliphatic carbocycles. The molecule has 0 amide bonds. The molecule has 2 aromatic carbocycles. The van der Waals surface area contributed by atoms with Crippen molar-refractivity contribution in [1.29, 1.82) is 0 Å². The molecule has 0 bridgehead atoms. The molecule has 0 saturated carbocycles. The molecule has 0 spiro atoms. The van der Waals surface area contributed by atoms with Crippen LogP contribution in [0.5, 0.6) is 5.75 Å². The summed E-state index contributed by atoms with van der Waals surface area (Å²) in [5.41, 5.74) is 1.76. The van der Waals surface area contributed by atoms with Crippen LogP contribution < -0.4 is 15.4 Å². The van der Waals surface area contributed by atoms with Gasteiger partial charge in [0, 0.05) is 26.3 Å². The molecule has 0 saturated heterocycles. The Morgan fingerprint density at radius 1 is 1.15 bits per heavy atom. The zero-order valence-electron chi connectivity index (χ0n) is 15.0. The monoisotopic (exact) mass is 393 g/mol. The highest BCUT2D eigenvalue weighted by atomic mass is 32.2. The van der Waals surface area contributed by atoms with Gasteiger partial charge in [-0.15, -0.1) is 0 Å². The molecule has 0 aromatic heterocycles. The highest BCUT2D eigenvalue weighted by Crippen LogP contribution is 2.18. The molecule has 2 N–H and O–H groups in total. The number of hydrogen-bond donors (Lipinski definition) is 2. The molecule has 0 fully saturated rings. The van der Waals surface area contributed by atoms with Crippen LogP contribution >= 0.6 is 12.2 Å². The second kappa shape index (κ2) is 8.98. The Morgan fingerprint density at radius 3 is 2.58 bits per heavy atom. The Kier molecular flexibility index (Phi) is 6.96. The fourth-order valence-electron chi connectivity index (χ4n) is 2.27. The third-order valence-corrected chi connectivity index (χ3v) is 5.76. The molecule has 6 nitrogen and oxygen atoms in total. The maximum atomic E-state index is 12.2. The largest absolute Gasteiger partial charge is 0.497 e. The molecular weight excluding hydrogens is 370 g/mol. The lowest BCUT2D eigenvalue weighted by molar-refractivity contribution is 0.414. The third kappa shape index (κ3) is 5.42. The third-order valence-electron chi connectivity index (χ3n) is 3.70. The molecular formula is C18H23N3O3S2. The van der Waals surface area contributed by atoms with E-state index in [1.807, 2.05) is 24.3 Å². The first-order valence-electron chi connectivity index (χ1n) is 8.03. The van der Waals surface area contributed by atoms with E-state index in [9.17, 15) is 8.42 Å². The van der Waals surface area contributed by atoms with Crippen LogP contribution in [0.2, 0.25) is 0 Å². The fourth-order valence-corrected chi connectivity index (χ4v) is 3.44. The van der Waals surface area contributed by atoms with E-state index in [1.165, 1.54) is 18.4 Å². The van der Waals surface area contributed by atoms with Crippen molar-refractivity contribution in [2.24, 2.45) is 0 Å². The standard InChI is InChI=1S/C18H23N3O3S2/c1-21(2)26(22,23)17-9-5-7-15(13-17)20-18(25)19-11-10-14-6-4-8-16(12-14)24-3/h4-9,12-13H,10-11H2,1-3H3,(H2,19,20,25). The van der Waals surface area contributed by atoms with Gasteiger partial charge in [0.2, 0.25) is 10.0 Å². The van der Waals surface area contributed by atoms with Gasteiger partial charge in [0.25, 0.3) is 0 Å². The first kappa shape index (κ1) is 20.2. The number of anilines is 1. The number of sulfonamides is 1. The molecule has 0 unspecified atom stereocenters. The van der Waals surface area contributed by atoms with Crippen LogP contribution in [-0.4, -0.2) is 45.6 Å². The minimum Gasteiger partial charge on any atom is -0.497 e. The molecule has 2 aromatic rings. The smallest absolute Gasteiger partial charge is 0.242 e. The summed E-state index contributed by atoms with van der Waals surface area (Å²) in [4.78, 5) is 0.215. The van der Waals surface area contributed by atoms with E-state index in [2.05, 4.69) is 10.6 Å². The number of ether oxygens (including phenoxy) is 1. The summed E-state index contributed by atoms with van der Waals surface area (Å²) in [6.07, 6.45) is 0.786. The van der Waals surface area contributed by atoms with Gasteiger partial charge in [-0.05, 0) is 54.5 Å². The summed E-state index contributed by atoms with van der Waals surface area (Å²) >= 11 is 5.28. The van der Waals surface area contributed by atoms with Gasteiger partial charge in [0.1, 0.15) is 5.75 Å². The van der Waals surface area contributed by atoms with Crippen LogP contribution in [0.15, 0.2) is 53.4 Å². The topological polar surface area (TPSA) is 70.7 Å². The number of rotatable bonds is 7. The van der Waals surface area contributed by atoms with Crippen molar-refractivity contribution in [1.82, 2.24) is 9.62 Å². The van der Waals surface area contributed by atoms with E-state index in [-0.39, 0.29) is 4.90 Å². The Balaban J connectivity index is 1.92. The van der Waals surface area contributed by atoms with E-state index >= 15 is 0 Å². The average molecular weight is 394 g/mol. The van der Waals surface area contributed by atoms with E-state index in [4.69, 9.17) is 17.0 Å².